The van der Waals surface area contributed by atoms with Crippen LogP contribution in [0.15, 0.2) is 29.0 Å². The fourth-order valence-corrected chi connectivity index (χ4v) is 3.41. The zero-order chi connectivity index (χ0) is 19.9. The molecule has 1 aliphatic rings. The molecule has 28 heavy (non-hydrogen) atoms. The third-order valence-corrected chi connectivity index (χ3v) is 4.98. The zero-order valence-electron chi connectivity index (χ0n) is 17.0. The predicted octanol–water partition coefficient (Wildman–Crippen LogP) is 2.47. The molecule has 1 aliphatic heterocycles. The Kier molecular flexibility index (Phi) is 6.97. The number of nitrogens with zero attached hydrogens (tertiary/aromatic N) is 5. The summed E-state index contributed by atoms with van der Waals surface area (Å²) in [7, 11) is 2.12. The van der Waals surface area contributed by atoms with Crippen molar-refractivity contribution < 1.29 is 9.32 Å². The average molecular weight is 387 g/mol. The zero-order valence-corrected chi connectivity index (χ0v) is 17.0. The summed E-state index contributed by atoms with van der Waals surface area (Å²) in [6.45, 7) is 7.02. The molecule has 0 aliphatic carbocycles. The minimum Gasteiger partial charge on any atom is -0.339 e. The van der Waals surface area contributed by atoms with E-state index in [9.17, 15) is 4.79 Å². The minimum atomic E-state index is -0.0958. The van der Waals surface area contributed by atoms with Gasteiger partial charge in [-0.25, -0.2) is 4.79 Å². The molecule has 0 spiro atoms. The molecule has 0 aromatic carbocycles. The molecule has 0 atom stereocenters. The molecule has 8 nitrogen and oxygen atoms in total. The normalized spacial score (nSPS) is 15.7. The summed E-state index contributed by atoms with van der Waals surface area (Å²) in [5, 5.41) is 6.94. The van der Waals surface area contributed by atoms with E-state index in [1.807, 2.05) is 17.0 Å². The molecule has 0 radical (unpaired) electrons. The van der Waals surface area contributed by atoms with Gasteiger partial charge in [0.25, 0.3) is 0 Å². The minimum absolute atomic E-state index is 0.0958. The van der Waals surface area contributed by atoms with Gasteiger partial charge in [0, 0.05) is 31.4 Å². The Morgan fingerprint density at radius 1 is 1.32 bits per heavy atom. The fourth-order valence-electron chi connectivity index (χ4n) is 3.41. The smallest absolute Gasteiger partial charge is 0.318 e. The van der Waals surface area contributed by atoms with Crippen molar-refractivity contribution in [3.8, 4) is 0 Å². The van der Waals surface area contributed by atoms with E-state index in [0.717, 1.165) is 37.9 Å². The monoisotopic (exact) mass is 386 g/mol. The Morgan fingerprint density at radius 3 is 2.71 bits per heavy atom. The molecule has 3 rings (SSSR count). The molecule has 0 bridgehead atoms. The van der Waals surface area contributed by atoms with Gasteiger partial charge in [-0.3, -0.25) is 4.98 Å². The van der Waals surface area contributed by atoms with Crippen molar-refractivity contribution >= 4 is 6.03 Å². The van der Waals surface area contributed by atoms with Crippen LogP contribution in [0.2, 0.25) is 0 Å². The molecule has 1 saturated heterocycles. The Balaban J connectivity index is 1.63. The highest BCUT2D eigenvalue weighted by Crippen LogP contribution is 2.18. The molecular formula is C20H30N6O2. The van der Waals surface area contributed by atoms with Gasteiger partial charge in [0.1, 0.15) is 0 Å². The maximum atomic E-state index is 13.0. The van der Waals surface area contributed by atoms with Crippen LogP contribution in [0.5, 0.6) is 0 Å². The van der Waals surface area contributed by atoms with Crippen LogP contribution in [0.4, 0.5) is 4.79 Å². The Hall–Kier alpha value is -2.48. The van der Waals surface area contributed by atoms with Crippen molar-refractivity contribution in [2.75, 3.05) is 20.1 Å². The molecule has 2 amide bonds. The second-order valence-electron chi connectivity index (χ2n) is 7.88. The number of amides is 2. The van der Waals surface area contributed by atoms with Gasteiger partial charge in [-0.05, 0) is 56.6 Å². The number of carbonyl (C=O) groups is 1. The second kappa shape index (κ2) is 9.64. The van der Waals surface area contributed by atoms with Gasteiger partial charge in [-0.2, -0.15) is 4.98 Å². The van der Waals surface area contributed by atoms with E-state index in [0.29, 0.717) is 24.2 Å². The lowest BCUT2D eigenvalue weighted by atomic mass is 10.0. The molecule has 0 saturated carbocycles. The standard InChI is InChI=1S/C20H30N6O2/c1-15(2)12-19-23-18(24-28-19)13-22-20(27)26(14-16-4-8-21-9-5-16)17-6-10-25(3)11-7-17/h4-5,8-9,15,17H,6-7,10-14H2,1-3H3,(H,22,27). The third kappa shape index (κ3) is 5.76. The van der Waals surface area contributed by atoms with E-state index in [1.54, 1.807) is 12.4 Å². The van der Waals surface area contributed by atoms with Crippen molar-refractivity contribution in [2.24, 2.45) is 5.92 Å². The molecule has 2 aromatic heterocycles. The van der Waals surface area contributed by atoms with Crippen LogP contribution in [0, 0.1) is 5.92 Å². The van der Waals surface area contributed by atoms with Crippen molar-refractivity contribution in [3.63, 3.8) is 0 Å². The summed E-state index contributed by atoms with van der Waals surface area (Å²) in [5.74, 6) is 1.57. The first-order valence-electron chi connectivity index (χ1n) is 9.94. The van der Waals surface area contributed by atoms with Crippen LogP contribution >= 0.6 is 0 Å². The van der Waals surface area contributed by atoms with Crippen LogP contribution in [-0.2, 0) is 19.5 Å². The number of pyridine rings is 1. The maximum Gasteiger partial charge on any atom is 0.318 e. The summed E-state index contributed by atoms with van der Waals surface area (Å²) in [4.78, 5) is 25.6. The average Bonchev–Trinajstić information content (AvgIpc) is 3.12. The van der Waals surface area contributed by atoms with E-state index >= 15 is 0 Å². The summed E-state index contributed by atoms with van der Waals surface area (Å²) < 4.78 is 5.25. The number of likely N-dealkylation sites (tertiary alicyclic amines) is 1. The van der Waals surface area contributed by atoms with Gasteiger partial charge >= 0.3 is 6.03 Å². The number of aromatic nitrogens is 3. The van der Waals surface area contributed by atoms with Gasteiger partial charge in [0.2, 0.25) is 5.89 Å². The molecule has 8 heteroatoms. The van der Waals surface area contributed by atoms with Gasteiger partial charge < -0.3 is 19.6 Å². The number of urea groups is 1. The first kappa shape index (κ1) is 20.3. The molecular weight excluding hydrogens is 356 g/mol. The SMILES string of the molecule is CC(C)Cc1nc(CNC(=O)N(Cc2ccncc2)C2CCN(C)CC2)no1. The van der Waals surface area contributed by atoms with Crippen LogP contribution < -0.4 is 5.32 Å². The lowest BCUT2D eigenvalue weighted by Gasteiger charge is -2.37. The topological polar surface area (TPSA) is 87.4 Å². The van der Waals surface area contributed by atoms with Gasteiger partial charge in [-0.1, -0.05) is 19.0 Å². The van der Waals surface area contributed by atoms with E-state index in [1.165, 1.54) is 0 Å². The lowest BCUT2D eigenvalue weighted by molar-refractivity contribution is 0.126. The lowest BCUT2D eigenvalue weighted by Crippen LogP contribution is -2.49. The van der Waals surface area contributed by atoms with Gasteiger partial charge in [0.15, 0.2) is 5.82 Å². The quantitative estimate of drug-likeness (QED) is 0.787. The largest absolute Gasteiger partial charge is 0.339 e. The Morgan fingerprint density at radius 2 is 2.04 bits per heavy atom. The summed E-state index contributed by atoms with van der Waals surface area (Å²) in [5.41, 5.74) is 1.07. The van der Waals surface area contributed by atoms with Gasteiger partial charge in [0.05, 0.1) is 6.54 Å². The number of piperidine rings is 1. The fraction of sp³-hybridized carbons (Fsp3) is 0.600. The Bertz CT molecular complexity index is 740. The highest BCUT2D eigenvalue weighted by molar-refractivity contribution is 5.74. The maximum absolute atomic E-state index is 13.0. The summed E-state index contributed by atoms with van der Waals surface area (Å²) in [6, 6.07) is 4.02. The van der Waals surface area contributed by atoms with Crippen molar-refractivity contribution in [2.45, 2.75) is 52.2 Å². The third-order valence-electron chi connectivity index (χ3n) is 4.98. The number of rotatable bonds is 7. The van der Waals surface area contributed by atoms with Crippen molar-refractivity contribution in [3.05, 3.63) is 41.8 Å². The molecule has 152 valence electrons. The molecule has 0 unspecified atom stereocenters. The highest BCUT2D eigenvalue weighted by Gasteiger charge is 2.27. The van der Waals surface area contributed by atoms with E-state index in [2.05, 4.69) is 46.2 Å². The van der Waals surface area contributed by atoms with E-state index in [-0.39, 0.29) is 18.6 Å². The molecule has 2 aromatic rings. The predicted molar refractivity (Wildman–Crippen MR) is 105 cm³/mol. The summed E-state index contributed by atoms with van der Waals surface area (Å²) in [6.07, 6.45) is 6.20. The van der Waals surface area contributed by atoms with Crippen LogP contribution in [-0.4, -0.2) is 57.1 Å². The second-order valence-corrected chi connectivity index (χ2v) is 7.88. The number of nitrogens with one attached hydrogen (secondary N) is 1. The van der Waals surface area contributed by atoms with Crippen LogP contribution in [0.25, 0.3) is 0 Å². The molecule has 1 fully saturated rings. The van der Waals surface area contributed by atoms with Gasteiger partial charge in [-0.15, -0.1) is 0 Å². The van der Waals surface area contributed by atoms with Crippen LogP contribution in [0.1, 0.15) is 44.0 Å². The van der Waals surface area contributed by atoms with Crippen molar-refractivity contribution in [1.82, 2.24) is 30.2 Å². The first-order valence-corrected chi connectivity index (χ1v) is 9.94. The van der Waals surface area contributed by atoms with E-state index in [4.69, 9.17) is 4.52 Å². The highest BCUT2D eigenvalue weighted by atomic mass is 16.5. The molecule has 3 heterocycles. The Labute approximate surface area is 166 Å². The number of carbonyl (C=O) groups excluding carboxylic acids is 1. The summed E-state index contributed by atoms with van der Waals surface area (Å²) >= 11 is 0. The molecule has 1 N–H and O–H groups in total. The van der Waals surface area contributed by atoms with Crippen LogP contribution in [0.3, 0.4) is 0 Å². The number of hydrogen-bond donors (Lipinski definition) is 1. The first-order chi connectivity index (χ1) is 13.5. The van der Waals surface area contributed by atoms with E-state index < -0.39 is 0 Å². The number of hydrogen-bond acceptors (Lipinski definition) is 6. The van der Waals surface area contributed by atoms with Crippen molar-refractivity contribution in [1.29, 1.82) is 0 Å².